The van der Waals surface area contributed by atoms with Gasteiger partial charge in [0.1, 0.15) is 18.5 Å². The van der Waals surface area contributed by atoms with E-state index in [1.165, 1.54) is 18.5 Å². The molecule has 1 unspecified atom stereocenters. The molecule has 1 aliphatic carbocycles. The number of hydrogen-bond donors (Lipinski definition) is 0. The maximum absolute atomic E-state index is 13.4. The lowest BCUT2D eigenvalue weighted by atomic mass is 10.1. The van der Waals surface area contributed by atoms with Crippen molar-refractivity contribution in [3.05, 3.63) is 89.5 Å². The van der Waals surface area contributed by atoms with Crippen molar-refractivity contribution in [2.45, 2.75) is 32.2 Å². The van der Waals surface area contributed by atoms with Gasteiger partial charge in [0.25, 0.3) is 5.91 Å². The first-order valence-corrected chi connectivity index (χ1v) is 10.6. The van der Waals surface area contributed by atoms with Crippen molar-refractivity contribution >= 4 is 5.91 Å². The minimum absolute atomic E-state index is 0.114. The Morgan fingerprint density at radius 3 is 2.47 bits per heavy atom. The first-order valence-electron chi connectivity index (χ1n) is 10.6. The number of halogens is 1. The molecule has 8 heteroatoms. The number of hydrogen-bond acceptors (Lipinski definition) is 4. The summed E-state index contributed by atoms with van der Waals surface area (Å²) >= 11 is 0. The number of fused-ring (bicyclic) bond motifs is 1. The first kappa shape index (κ1) is 20.1. The Bertz CT molecular complexity index is 1250. The van der Waals surface area contributed by atoms with E-state index in [1.54, 1.807) is 39.8 Å². The van der Waals surface area contributed by atoms with E-state index in [1.807, 2.05) is 31.2 Å². The van der Waals surface area contributed by atoms with Gasteiger partial charge in [0.15, 0.2) is 5.69 Å². The van der Waals surface area contributed by atoms with Crippen molar-refractivity contribution in [3.8, 4) is 11.4 Å². The van der Waals surface area contributed by atoms with Crippen LogP contribution in [-0.4, -0.2) is 42.4 Å². The quantitative estimate of drug-likeness (QED) is 0.481. The van der Waals surface area contributed by atoms with E-state index in [4.69, 9.17) is 0 Å². The summed E-state index contributed by atoms with van der Waals surface area (Å²) in [6.45, 7) is 2.00. The van der Waals surface area contributed by atoms with E-state index in [9.17, 15) is 9.18 Å². The van der Waals surface area contributed by atoms with E-state index in [-0.39, 0.29) is 17.8 Å². The van der Waals surface area contributed by atoms with Crippen LogP contribution in [0, 0.1) is 5.82 Å². The summed E-state index contributed by atoms with van der Waals surface area (Å²) in [5.74, 6) is -0.408. The largest absolute Gasteiger partial charge is 0.334 e. The number of benzene rings is 2. The Morgan fingerprint density at radius 2 is 1.78 bits per heavy atom. The van der Waals surface area contributed by atoms with Crippen molar-refractivity contribution in [2.75, 3.05) is 7.05 Å². The molecule has 0 saturated carbocycles. The molecule has 5 rings (SSSR count). The van der Waals surface area contributed by atoms with Crippen LogP contribution in [0.15, 0.2) is 61.2 Å². The third-order valence-electron chi connectivity index (χ3n) is 6.16. The van der Waals surface area contributed by atoms with Crippen LogP contribution in [0.3, 0.4) is 0 Å². The highest BCUT2D eigenvalue weighted by Crippen LogP contribution is 2.30. The molecule has 2 aromatic heterocycles. The van der Waals surface area contributed by atoms with Gasteiger partial charge < -0.3 is 4.90 Å². The highest BCUT2D eigenvalue weighted by Gasteiger charge is 2.30. The van der Waals surface area contributed by atoms with Gasteiger partial charge in [-0.05, 0) is 68.1 Å². The van der Waals surface area contributed by atoms with Crippen LogP contribution in [0.5, 0.6) is 0 Å². The number of carbonyl (C=O) groups excluding carboxylic acids is 1. The average molecular weight is 430 g/mol. The van der Waals surface area contributed by atoms with E-state index >= 15 is 0 Å². The summed E-state index contributed by atoms with van der Waals surface area (Å²) in [6.07, 6.45) is 5.80. The fourth-order valence-corrected chi connectivity index (χ4v) is 4.22. The zero-order chi connectivity index (χ0) is 22.2. The summed E-state index contributed by atoms with van der Waals surface area (Å²) in [5, 5.41) is 8.80. The molecule has 0 aliphatic heterocycles. The fraction of sp³-hybridized carbons (Fsp3) is 0.250. The monoisotopic (exact) mass is 430 g/mol. The second-order valence-electron chi connectivity index (χ2n) is 8.04. The predicted octanol–water partition coefficient (Wildman–Crippen LogP) is 3.91. The van der Waals surface area contributed by atoms with Crippen molar-refractivity contribution in [1.29, 1.82) is 0 Å². The topological polar surface area (TPSA) is 68.8 Å². The summed E-state index contributed by atoms with van der Waals surface area (Å²) < 4.78 is 16.9. The molecule has 7 nitrogen and oxygen atoms in total. The van der Waals surface area contributed by atoms with E-state index in [0.29, 0.717) is 5.69 Å². The summed E-state index contributed by atoms with van der Waals surface area (Å²) in [4.78, 5) is 19.1. The van der Waals surface area contributed by atoms with Crippen LogP contribution in [0.25, 0.3) is 11.4 Å². The van der Waals surface area contributed by atoms with Crippen LogP contribution >= 0.6 is 0 Å². The molecule has 2 aromatic carbocycles. The van der Waals surface area contributed by atoms with Gasteiger partial charge >= 0.3 is 0 Å². The fourth-order valence-electron chi connectivity index (χ4n) is 4.22. The summed E-state index contributed by atoms with van der Waals surface area (Å²) in [7, 11) is 1.80. The Hall–Kier alpha value is -3.81. The number of nitrogens with zero attached hydrogens (tertiary/aromatic N) is 6. The standard InChI is InChI=1S/C24H23FN6O/c1-16(17-6-10-19(11-7-17)30-15-26-14-27-30)29(2)24(32)23-21-4-3-5-22(21)31(28-23)20-12-8-18(25)9-13-20/h6-16H,3-5H2,1-2H3. The van der Waals surface area contributed by atoms with E-state index in [2.05, 4.69) is 15.2 Å². The lowest BCUT2D eigenvalue weighted by molar-refractivity contribution is 0.0735. The minimum Gasteiger partial charge on any atom is -0.334 e. The van der Waals surface area contributed by atoms with Crippen molar-refractivity contribution in [1.82, 2.24) is 29.4 Å². The van der Waals surface area contributed by atoms with Gasteiger partial charge in [0, 0.05) is 18.3 Å². The second-order valence-corrected chi connectivity index (χ2v) is 8.04. The highest BCUT2D eigenvalue weighted by molar-refractivity contribution is 5.94. The second kappa shape index (κ2) is 8.03. The predicted molar refractivity (Wildman–Crippen MR) is 117 cm³/mol. The maximum atomic E-state index is 13.4. The molecular weight excluding hydrogens is 407 g/mol. The molecule has 0 fully saturated rings. The number of rotatable bonds is 5. The molecule has 0 saturated heterocycles. The van der Waals surface area contributed by atoms with Crippen LogP contribution in [0.2, 0.25) is 0 Å². The number of aromatic nitrogens is 5. The lowest BCUT2D eigenvalue weighted by Gasteiger charge is -2.25. The molecule has 0 radical (unpaired) electrons. The van der Waals surface area contributed by atoms with Gasteiger partial charge in [-0.25, -0.2) is 18.7 Å². The molecule has 4 aromatic rings. The third-order valence-corrected chi connectivity index (χ3v) is 6.16. The summed E-state index contributed by atoms with van der Waals surface area (Å²) in [5.41, 5.74) is 5.21. The first-order chi connectivity index (χ1) is 15.5. The van der Waals surface area contributed by atoms with Crippen molar-refractivity contribution in [3.63, 3.8) is 0 Å². The van der Waals surface area contributed by atoms with Crippen LogP contribution in [-0.2, 0) is 12.8 Å². The van der Waals surface area contributed by atoms with Crippen molar-refractivity contribution in [2.24, 2.45) is 0 Å². The molecule has 1 amide bonds. The zero-order valence-electron chi connectivity index (χ0n) is 17.9. The summed E-state index contributed by atoms with van der Waals surface area (Å²) in [6, 6.07) is 14.0. The van der Waals surface area contributed by atoms with Crippen LogP contribution < -0.4 is 0 Å². The Morgan fingerprint density at radius 1 is 1.06 bits per heavy atom. The maximum Gasteiger partial charge on any atom is 0.274 e. The Labute approximate surface area is 185 Å². The number of amides is 1. The van der Waals surface area contributed by atoms with E-state index < -0.39 is 0 Å². The molecule has 32 heavy (non-hydrogen) atoms. The van der Waals surface area contributed by atoms with Crippen LogP contribution in [0.4, 0.5) is 4.39 Å². The Balaban J connectivity index is 1.41. The van der Waals surface area contributed by atoms with Gasteiger partial charge in [-0.15, -0.1) is 0 Å². The van der Waals surface area contributed by atoms with E-state index in [0.717, 1.165) is 47.5 Å². The van der Waals surface area contributed by atoms with Gasteiger partial charge in [0.2, 0.25) is 0 Å². The molecule has 0 N–H and O–H groups in total. The minimum atomic E-state index is -0.294. The van der Waals surface area contributed by atoms with Gasteiger partial charge in [0.05, 0.1) is 17.4 Å². The Kier molecular flexibility index (Phi) is 5.05. The van der Waals surface area contributed by atoms with Crippen molar-refractivity contribution < 1.29 is 9.18 Å². The molecule has 162 valence electrons. The molecule has 0 bridgehead atoms. The van der Waals surface area contributed by atoms with Gasteiger partial charge in [-0.3, -0.25) is 4.79 Å². The lowest BCUT2D eigenvalue weighted by Crippen LogP contribution is -2.30. The third kappa shape index (κ3) is 3.47. The van der Waals surface area contributed by atoms with Crippen LogP contribution in [0.1, 0.15) is 46.7 Å². The molecule has 1 atom stereocenters. The molecular formula is C24H23FN6O. The zero-order valence-corrected chi connectivity index (χ0v) is 17.9. The average Bonchev–Trinajstić information content (AvgIpc) is 3.57. The smallest absolute Gasteiger partial charge is 0.274 e. The SMILES string of the molecule is CC(c1ccc(-n2cncn2)cc1)N(C)C(=O)c1nn(-c2ccc(F)cc2)c2c1CCC2. The normalized spacial score (nSPS) is 13.7. The molecule has 2 heterocycles. The molecule has 1 aliphatic rings. The molecule has 0 spiro atoms. The number of carbonyl (C=O) groups is 1. The van der Waals surface area contributed by atoms with Gasteiger partial charge in [-0.1, -0.05) is 12.1 Å². The highest BCUT2D eigenvalue weighted by atomic mass is 19.1. The van der Waals surface area contributed by atoms with Gasteiger partial charge in [-0.2, -0.15) is 10.2 Å².